The van der Waals surface area contributed by atoms with Crippen molar-refractivity contribution in [1.82, 2.24) is 10.2 Å². The molecular weight excluding hydrogens is 234 g/mol. The molecule has 1 aliphatic heterocycles. The third-order valence-electron chi connectivity index (χ3n) is 3.38. The van der Waals surface area contributed by atoms with E-state index in [2.05, 4.69) is 24.2 Å². The Morgan fingerprint density at radius 1 is 1.56 bits per heavy atom. The molecule has 1 rings (SSSR count). The Labute approximate surface area is 108 Å². The molecule has 1 fully saturated rings. The largest absolute Gasteiger partial charge is 0.464 e. The van der Waals surface area contributed by atoms with Gasteiger partial charge >= 0.3 is 5.97 Å². The predicted octanol–water partition coefficient (Wildman–Crippen LogP) is -0.524. The topological polar surface area (TPSA) is 84.7 Å². The van der Waals surface area contributed by atoms with Crippen LogP contribution in [0, 0.1) is 0 Å². The van der Waals surface area contributed by atoms with E-state index in [0.717, 1.165) is 19.4 Å². The van der Waals surface area contributed by atoms with Crippen molar-refractivity contribution >= 4 is 11.9 Å². The highest BCUT2D eigenvalue weighted by Gasteiger charge is 2.28. The van der Waals surface area contributed by atoms with E-state index in [0.29, 0.717) is 6.04 Å². The molecule has 1 heterocycles. The smallest absolute Gasteiger partial charge is 0.332 e. The fourth-order valence-electron chi connectivity index (χ4n) is 2.05. The number of likely N-dealkylation sites (tertiary alicyclic amines) is 1. The first-order chi connectivity index (χ1) is 8.45. The lowest BCUT2D eigenvalue weighted by Crippen LogP contribution is -2.53. The van der Waals surface area contributed by atoms with Crippen LogP contribution in [0.1, 0.15) is 26.7 Å². The second-order valence-electron chi connectivity index (χ2n) is 4.79. The third kappa shape index (κ3) is 3.96. The van der Waals surface area contributed by atoms with Crippen molar-refractivity contribution in [2.45, 2.75) is 44.8 Å². The maximum Gasteiger partial charge on any atom is 0.332 e. The van der Waals surface area contributed by atoms with Crippen LogP contribution in [0.5, 0.6) is 0 Å². The summed E-state index contributed by atoms with van der Waals surface area (Å²) in [5, 5.41) is 2.82. The van der Waals surface area contributed by atoms with E-state index in [4.69, 9.17) is 10.5 Å². The fraction of sp³-hybridized carbons (Fsp3) is 0.833. The van der Waals surface area contributed by atoms with Crippen molar-refractivity contribution in [3.8, 4) is 0 Å². The van der Waals surface area contributed by atoms with Crippen LogP contribution in [0.4, 0.5) is 0 Å². The van der Waals surface area contributed by atoms with Crippen molar-refractivity contribution in [3.05, 3.63) is 0 Å². The Balaban J connectivity index is 2.42. The van der Waals surface area contributed by atoms with Crippen molar-refractivity contribution in [1.29, 1.82) is 0 Å². The number of esters is 1. The van der Waals surface area contributed by atoms with Gasteiger partial charge < -0.3 is 20.7 Å². The van der Waals surface area contributed by atoms with Crippen LogP contribution in [0.15, 0.2) is 0 Å². The maximum absolute atomic E-state index is 11.8. The Hall–Kier alpha value is -1.14. The molecule has 1 saturated heterocycles. The van der Waals surface area contributed by atoms with Crippen molar-refractivity contribution in [3.63, 3.8) is 0 Å². The molecule has 0 aromatic rings. The summed E-state index contributed by atoms with van der Waals surface area (Å²) in [5.41, 5.74) is 5.53. The van der Waals surface area contributed by atoms with Gasteiger partial charge in [0.25, 0.3) is 0 Å². The zero-order valence-electron chi connectivity index (χ0n) is 11.3. The summed E-state index contributed by atoms with van der Waals surface area (Å²) in [6.07, 6.45) is 1.75. The molecule has 0 bridgehead atoms. The molecule has 1 amide bonds. The number of nitrogens with one attached hydrogen (secondary N) is 1. The zero-order valence-corrected chi connectivity index (χ0v) is 11.3. The minimum Gasteiger partial charge on any atom is -0.464 e. The summed E-state index contributed by atoms with van der Waals surface area (Å²) in [6.45, 7) is 4.95. The second kappa shape index (κ2) is 6.70. The number of amides is 1. The molecule has 6 nitrogen and oxygen atoms in total. The van der Waals surface area contributed by atoms with Crippen LogP contribution >= 0.6 is 0 Å². The number of hydrogen-bond donors (Lipinski definition) is 2. The van der Waals surface area contributed by atoms with Crippen molar-refractivity contribution in [2.24, 2.45) is 5.73 Å². The fourth-order valence-corrected chi connectivity index (χ4v) is 2.05. The lowest BCUT2D eigenvalue weighted by Gasteiger charge is -2.35. The molecule has 0 aliphatic carbocycles. The number of carbonyl (C=O) groups is 2. The van der Waals surface area contributed by atoms with Crippen LogP contribution in [-0.4, -0.2) is 55.1 Å². The van der Waals surface area contributed by atoms with Gasteiger partial charge in [-0.2, -0.15) is 0 Å². The molecule has 0 aromatic carbocycles. The molecule has 1 aliphatic rings. The van der Waals surface area contributed by atoms with Gasteiger partial charge in [-0.25, -0.2) is 4.79 Å². The van der Waals surface area contributed by atoms with E-state index in [9.17, 15) is 9.59 Å². The van der Waals surface area contributed by atoms with Crippen LogP contribution < -0.4 is 11.1 Å². The summed E-state index contributed by atoms with van der Waals surface area (Å²) in [6, 6.07) is -0.716. The molecule has 0 saturated carbocycles. The number of nitrogens with two attached hydrogens (primary N) is 1. The van der Waals surface area contributed by atoms with E-state index in [-0.39, 0.29) is 12.6 Å². The monoisotopic (exact) mass is 257 g/mol. The zero-order chi connectivity index (χ0) is 13.7. The first-order valence-corrected chi connectivity index (χ1v) is 6.38. The van der Waals surface area contributed by atoms with Crippen molar-refractivity contribution in [2.75, 3.05) is 20.2 Å². The van der Waals surface area contributed by atoms with Crippen LogP contribution in [-0.2, 0) is 14.3 Å². The predicted molar refractivity (Wildman–Crippen MR) is 67.9 cm³/mol. The number of piperidine rings is 1. The molecule has 6 heteroatoms. The number of hydrogen-bond acceptors (Lipinski definition) is 5. The van der Waals surface area contributed by atoms with E-state index in [1.165, 1.54) is 0 Å². The van der Waals surface area contributed by atoms with E-state index < -0.39 is 17.9 Å². The van der Waals surface area contributed by atoms with Crippen LogP contribution in [0.2, 0.25) is 0 Å². The van der Waals surface area contributed by atoms with Gasteiger partial charge in [-0.1, -0.05) is 0 Å². The lowest BCUT2D eigenvalue weighted by molar-refractivity contribution is -0.148. The third-order valence-corrected chi connectivity index (χ3v) is 3.38. The molecule has 0 aromatic heterocycles. The molecule has 104 valence electrons. The van der Waals surface area contributed by atoms with Gasteiger partial charge in [-0.15, -0.1) is 0 Å². The highest BCUT2D eigenvalue weighted by molar-refractivity contribution is 6.01. The molecule has 3 N–H and O–H groups in total. The Kier molecular flexibility index (Phi) is 5.55. The van der Waals surface area contributed by atoms with Gasteiger partial charge in [0, 0.05) is 18.6 Å². The average Bonchev–Trinajstić information content (AvgIpc) is 2.33. The SMILES string of the molecule is CCOC(=O)C(N)C(=O)NC1CCN(C)C(C)C1. The summed E-state index contributed by atoms with van der Waals surface area (Å²) < 4.78 is 4.72. The number of carbonyl (C=O) groups excluding carboxylic acids is 2. The van der Waals surface area contributed by atoms with Crippen LogP contribution in [0.3, 0.4) is 0 Å². The first-order valence-electron chi connectivity index (χ1n) is 6.38. The minimum atomic E-state index is -1.22. The van der Waals surface area contributed by atoms with Gasteiger partial charge in [0.2, 0.25) is 5.91 Å². The van der Waals surface area contributed by atoms with Gasteiger partial charge in [0.05, 0.1) is 6.61 Å². The Morgan fingerprint density at radius 3 is 2.78 bits per heavy atom. The van der Waals surface area contributed by atoms with Gasteiger partial charge in [0.15, 0.2) is 6.04 Å². The van der Waals surface area contributed by atoms with Gasteiger partial charge in [0.1, 0.15) is 0 Å². The highest BCUT2D eigenvalue weighted by Crippen LogP contribution is 2.15. The highest BCUT2D eigenvalue weighted by atomic mass is 16.5. The lowest BCUT2D eigenvalue weighted by atomic mass is 9.98. The Bertz CT molecular complexity index is 309. The molecular formula is C12H23N3O3. The van der Waals surface area contributed by atoms with E-state index in [1.54, 1.807) is 6.92 Å². The molecule has 0 radical (unpaired) electrons. The number of ether oxygens (including phenoxy) is 1. The van der Waals surface area contributed by atoms with E-state index in [1.807, 2.05) is 0 Å². The average molecular weight is 257 g/mol. The van der Waals surface area contributed by atoms with Crippen molar-refractivity contribution < 1.29 is 14.3 Å². The normalized spacial score (nSPS) is 26.4. The summed E-state index contributed by atoms with van der Waals surface area (Å²) in [4.78, 5) is 25.3. The molecule has 0 spiro atoms. The summed E-state index contributed by atoms with van der Waals surface area (Å²) in [7, 11) is 2.06. The second-order valence-corrected chi connectivity index (χ2v) is 4.79. The maximum atomic E-state index is 11.8. The first kappa shape index (κ1) is 14.9. The quantitative estimate of drug-likeness (QED) is 0.523. The number of rotatable bonds is 4. The van der Waals surface area contributed by atoms with Crippen LogP contribution in [0.25, 0.3) is 0 Å². The summed E-state index contributed by atoms with van der Waals surface area (Å²) >= 11 is 0. The summed E-state index contributed by atoms with van der Waals surface area (Å²) in [5.74, 6) is -1.12. The minimum absolute atomic E-state index is 0.0872. The molecule has 18 heavy (non-hydrogen) atoms. The van der Waals surface area contributed by atoms with Gasteiger partial charge in [-0.05, 0) is 33.7 Å². The van der Waals surface area contributed by atoms with E-state index >= 15 is 0 Å². The number of nitrogens with zero attached hydrogens (tertiary/aromatic N) is 1. The molecule has 3 unspecified atom stereocenters. The Morgan fingerprint density at radius 2 is 2.22 bits per heavy atom. The molecule has 3 atom stereocenters. The van der Waals surface area contributed by atoms with Gasteiger partial charge in [-0.3, -0.25) is 4.79 Å². The standard InChI is InChI=1S/C12H23N3O3/c1-4-18-12(17)10(13)11(16)14-9-5-6-15(3)8(2)7-9/h8-10H,4-7,13H2,1-3H3,(H,14,16).